The Morgan fingerprint density at radius 3 is 1.23 bits per heavy atom. The summed E-state index contributed by atoms with van der Waals surface area (Å²) in [7, 11) is 0. The maximum atomic E-state index is 13.1. The second kappa shape index (κ2) is 9.77. The highest BCUT2D eigenvalue weighted by Crippen LogP contribution is 2.47. The van der Waals surface area contributed by atoms with E-state index in [1.807, 2.05) is 60.7 Å². The van der Waals surface area contributed by atoms with Crippen molar-refractivity contribution in [3.05, 3.63) is 71.8 Å². The highest BCUT2D eigenvalue weighted by atomic mass is 16.6. The first-order valence-electron chi connectivity index (χ1n) is 13.9. The van der Waals surface area contributed by atoms with Gasteiger partial charge in [0.2, 0.25) is 0 Å². The van der Waals surface area contributed by atoms with Gasteiger partial charge in [-0.05, 0) is 49.7 Å². The maximum absolute atomic E-state index is 13.1. The fourth-order valence-electron chi connectivity index (χ4n) is 6.51. The van der Waals surface area contributed by atoms with Crippen molar-refractivity contribution >= 4 is 12.2 Å². The fourth-order valence-corrected chi connectivity index (χ4v) is 6.51. The monoisotopic (exact) mass is 552 g/mol. The first kappa shape index (κ1) is 29.9. The first-order chi connectivity index (χ1) is 18.4. The van der Waals surface area contributed by atoms with Gasteiger partial charge >= 0.3 is 12.2 Å². The molecule has 0 aliphatic carbocycles. The van der Waals surface area contributed by atoms with Crippen LogP contribution < -0.4 is 0 Å². The third-order valence-corrected chi connectivity index (χ3v) is 9.34. The standard InChI is InChI=1S/C32H44N2O6/c1-27(2,23-15-11-9-12-16-23)21-29(5)31(7,37)33(25(35)39-29)19-20-34-26(36)40-30(6,32(34,8)38)22-28(3,4)24-17-13-10-14-18-24/h9-18,37-38H,19-22H2,1-8H3. The Kier molecular flexibility index (Phi) is 7.30. The van der Waals surface area contributed by atoms with Gasteiger partial charge in [-0.25, -0.2) is 9.59 Å². The van der Waals surface area contributed by atoms with Crippen molar-refractivity contribution in [3.8, 4) is 0 Å². The molecule has 2 N–H and O–H groups in total. The highest BCUT2D eigenvalue weighted by molar-refractivity contribution is 5.74. The van der Waals surface area contributed by atoms with Crippen molar-refractivity contribution in [3.63, 3.8) is 0 Å². The Morgan fingerprint density at radius 2 is 0.925 bits per heavy atom. The fraction of sp³-hybridized carbons (Fsp3) is 0.562. The number of ether oxygens (including phenoxy) is 2. The molecule has 8 nitrogen and oxygen atoms in total. The van der Waals surface area contributed by atoms with Crippen LogP contribution in [0.5, 0.6) is 0 Å². The lowest BCUT2D eigenvalue weighted by atomic mass is 9.72. The summed E-state index contributed by atoms with van der Waals surface area (Å²) in [6.07, 6.45) is -0.599. The SMILES string of the molecule is CC(C)(CC1(C)OC(=O)N(CCN2C(=O)OC(C)(CC(C)(C)c3ccccc3)C2(C)O)C1(C)O)c1ccccc1. The number of rotatable bonds is 9. The molecule has 40 heavy (non-hydrogen) atoms. The van der Waals surface area contributed by atoms with Crippen LogP contribution in [-0.4, -0.2) is 67.9 Å². The molecule has 0 radical (unpaired) electrons. The van der Waals surface area contributed by atoms with Gasteiger partial charge in [-0.2, -0.15) is 0 Å². The minimum Gasteiger partial charge on any atom is -0.438 e. The molecule has 2 aromatic carbocycles. The molecule has 2 heterocycles. The van der Waals surface area contributed by atoms with Gasteiger partial charge in [0.05, 0.1) is 0 Å². The van der Waals surface area contributed by atoms with Crippen LogP contribution in [0.2, 0.25) is 0 Å². The predicted octanol–water partition coefficient (Wildman–Crippen LogP) is 5.56. The number of amides is 2. The second-order valence-corrected chi connectivity index (χ2v) is 13.4. The van der Waals surface area contributed by atoms with Crippen molar-refractivity contribution in [1.82, 2.24) is 9.80 Å². The van der Waals surface area contributed by atoms with E-state index in [0.717, 1.165) is 11.1 Å². The number of aliphatic hydroxyl groups is 2. The van der Waals surface area contributed by atoms with Crippen LogP contribution in [0.15, 0.2) is 60.7 Å². The minimum atomic E-state index is -1.66. The van der Waals surface area contributed by atoms with Crippen LogP contribution in [0.1, 0.15) is 79.4 Å². The van der Waals surface area contributed by atoms with Crippen LogP contribution in [-0.2, 0) is 20.3 Å². The lowest BCUT2D eigenvalue weighted by Crippen LogP contribution is -2.60. The first-order valence-corrected chi connectivity index (χ1v) is 13.9. The molecule has 0 saturated carbocycles. The normalized spacial score (nSPS) is 30.9. The topological polar surface area (TPSA) is 99.5 Å². The number of cyclic esters (lactones) is 2. The van der Waals surface area contributed by atoms with Crippen molar-refractivity contribution in [2.75, 3.05) is 13.1 Å². The molecular weight excluding hydrogens is 508 g/mol. The minimum absolute atomic E-state index is 0.0450. The van der Waals surface area contributed by atoms with E-state index in [4.69, 9.17) is 9.47 Å². The molecular formula is C32H44N2O6. The van der Waals surface area contributed by atoms with Crippen LogP contribution in [0, 0.1) is 0 Å². The average molecular weight is 553 g/mol. The average Bonchev–Trinajstić information content (AvgIpc) is 3.12. The van der Waals surface area contributed by atoms with E-state index < -0.39 is 45.7 Å². The zero-order valence-electron chi connectivity index (χ0n) is 25.0. The molecule has 2 aliphatic heterocycles. The summed E-state index contributed by atoms with van der Waals surface area (Å²) in [4.78, 5) is 28.7. The van der Waals surface area contributed by atoms with E-state index in [2.05, 4.69) is 27.7 Å². The van der Waals surface area contributed by atoms with Gasteiger partial charge < -0.3 is 19.7 Å². The zero-order valence-corrected chi connectivity index (χ0v) is 25.0. The van der Waals surface area contributed by atoms with Gasteiger partial charge in [0.15, 0.2) is 22.7 Å². The predicted molar refractivity (Wildman–Crippen MR) is 153 cm³/mol. The summed E-state index contributed by atoms with van der Waals surface area (Å²) in [6, 6.07) is 19.8. The summed E-state index contributed by atoms with van der Waals surface area (Å²) in [5, 5.41) is 23.4. The van der Waals surface area contributed by atoms with Crippen LogP contribution in [0.25, 0.3) is 0 Å². The molecule has 2 amide bonds. The highest BCUT2D eigenvalue weighted by Gasteiger charge is 2.63. The number of carbonyl (C=O) groups is 2. The molecule has 4 unspecified atom stereocenters. The zero-order chi connectivity index (χ0) is 29.8. The van der Waals surface area contributed by atoms with E-state index >= 15 is 0 Å². The Labute approximate surface area is 237 Å². The molecule has 2 aliphatic rings. The Hall–Kier alpha value is -3.10. The summed E-state index contributed by atoms with van der Waals surface area (Å²) in [5.74, 6) is 0. The molecule has 0 aromatic heterocycles. The lowest BCUT2D eigenvalue weighted by Gasteiger charge is -2.43. The van der Waals surface area contributed by atoms with E-state index in [9.17, 15) is 19.8 Å². The molecule has 2 fully saturated rings. The Morgan fingerprint density at radius 1 is 0.625 bits per heavy atom. The number of carbonyl (C=O) groups excluding carboxylic acids is 2. The molecule has 218 valence electrons. The largest absolute Gasteiger partial charge is 0.438 e. The molecule has 4 atom stereocenters. The Balaban J connectivity index is 1.50. The van der Waals surface area contributed by atoms with Crippen molar-refractivity contribution in [1.29, 1.82) is 0 Å². The van der Waals surface area contributed by atoms with E-state index in [-0.39, 0.29) is 13.1 Å². The van der Waals surface area contributed by atoms with Crippen LogP contribution >= 0.6 is 0 Å². The van der Waals surface area contributed by atoms with Gasteiger partial charge in [0.1, 0.15) is 0 Å². The maximum Gasteiger partial charge on any atom is 0.412 e. The van der Waals surface area contributed by atoms with Crippen LogP contribution in [0.4, 0.5) is 9.59 Å². The molecule has 2 aromatic rings. The summed E-state index contributed by atoms with van der Waals surface area (Å²) in [6.45, 7) is 14.7. The lowest BCUT2D eigenvalue weighted by molar-refractivity contribution is -0.157. The Bertz CT molecular complexity index is 1150. The van der Waals surface area contributed by atoms with Gasteiger partial charge in [-0.1, -0.05) is 88.4 Å². The smallest absolute Gasteiger partial charge is 0.412 e. The van der Waals surface area contributed by atoms with Gasteiger partial charge in [0, 0.05) is 25.9 Å². The van der Waals surface area contributed by atoms with Gasteiger partial charge in [-0.3, -0.25) is 9.80 Å². The third kappa shape index (κ3) is 4.96. The second-order valence-electron chi connectivity index (χ2n) is 13.4. The summed E-state index contributed by atoms with van der Waals surface area (Å²) in [5.41, 5.74) is -4.42. The van der Waals surface area contributed by atoms with Gasteiger partial charge in [-0.15, -0.1) is 0 Å². The molecule has 4 rings (SSSR count). The van der Waals surface area contributed by atoms with E-state index in [0.29, 0.717) is 12.8 Å². The van der Waals surface area contributed by atoms with E-state index in [1.54, 1.807) is 27.7 Å². The molecule has 0 bridgehead atoms. The molecule has 0 spiro atoms. The quantitative estimate of drug-likeness (QED) is 0.423. The van der Waals surface area contributed by atoms with Crippen molar-refractivity contribution in [2.24, 2.45) is 0 Å². The number of hydrogen-bond acceptors (Lipinski definition) is 6. The molecule has 2 saturated heterocycles. The van der Waals surface area contributed by atoms with Crippen molar-refractivity contribution in [2.45, 2.75) is 102 Å². The summed E-state index contributed by atoms with van der Waals surface area (Å²) >= 11 is 0. The number of nitrogens with zero attached hydrogens (tertiary/aromatic N) is 2. The third-order valence-electron chi connectivity index (χ3n) is 9.34. The summed E-state index contributed by atoms with van der Waals surface area (Å²) < 4.78 is 11.6. The van der Waals surface area contributed by atoms with Crippen LogP contribution in [0.3, 0.4) is 0 Å². The van der Waals surface area contributed by atoms with E-state index in [1.165, 1.54) is 9.80 Å². The van der Waals surface area contributed by atoms with Gasteiger partial charge in [0.25, 0.3) is 0 Å². The number of benzene rings is 2. The van der Waals surface area contributed by atoms with Crippen molar-refractivity contribution < 1.29 is 29.3 Å². The number of hydrogen-bond donors (Lipinski definition) is 2. The molecule has 8 heteroatoms.